The molecular weight excluding hydrogens is 396 g/mol. The molecule has 1 amide bonds. The Morgan fingerprint density at radius 1 is 1.42 bits per heavy atom. The van der Waals surface area contributed by atoms with Crippen LogP contribution in [-0.2, 0) is 16.0 Å². The fourth-order valence-electron chi connectivity index (χ4n) is 1.93. The third kappa shape index (κ3) is 4.75. The highest BCUT2D eigenvalue weighted by atomic mass is 79.9. The Bertz CT molecular complexity index is 748. The first-order valence-electron chi connectivity index (χ1n) is 7.15. The van der Waals surface area contributed by atoms with Gasteiger partial charge in [-0.2, -0.15) is 0 Å². The number of pyridine rings is 1. The Balaban J connectivity index is 2.12. The van der Waals surface area contributed by atoms with Crippen LogP contribution in [0.25, 0.3) is 0 Å². The predicted octanol–water partition coefficient (Wildman–Crippen LogP) is 2.72. The van der Waals surface area contributed by atoms with Gasteiger partial charge in [-0.1, -0.05) is 0 Å². The molecular formula is C15H17BrN4O3S. The van der Waals surface area contributed by atoms with Gasteiger partial charge in [-0.3, -0.25) is 14.9 Å². The molecule has 0 saturated carbocycles. The average molecular weight is 413 g/mol. The third-order valence-electron chi connectivity index (χ3n) is 2.90. The maximum Gasteiger partial charge on any atom is 0.311 e. The van der Waals surface area contributed by atoms with Gasteiger partial charge < -0.3 is 9.64 Å². The van der Waals surface area contributed by atoms with Crippen molar-refractivity contribution in [1.29, 1.82) is 0 Å². The van der Waals surface area contributed by atoms with Crippen molar-refractivity contribution in [3.63, 3.8) is 0 Å². The molecule has 0 bridgehead atoms. The highest BCUT2D eigenvalue weighted by Crippen LogP contribution is 2.23. The van der Waals surface area contributed by atoms with Crippen LogP contribution in [0.1, 0.15) is 23.0 Å². The van der Waals surface area contributed by atoms with Gasteiger partial charge in [0, 0.05) is 30.1 Å². The van der Waals surface area contributed by atoms with Crippen LogP contribution >= 0.6 is 27.3 Å². The molecule has 0 aliphatic rings. The molecule has 9 heteroatoms. The van der Waals surface area contributed by atoms with Crippen molar-refractivity contribution >= 4 is 50.1 Å². The normalized spacial score (nSPS) is 10.3. The van der Waals surface area contributed by atoms with Crippen molar-refractivity contribution in [2.45, 2.75) is 13.3 Å². The van der Waals surface area contributed by atoms with Crippen LogP contribution in [0.4, 0.5) is 10.9 Å². The van der Waals surface area contributed by atoms with E-state index in [2.05, 4.69) is 31.2 Å². The third-order valence-corrected chi connectivity index (χ3v) is 4.14. The fourth-order valence-corrected chi connectivity index (χ4v) is 2.96. The topological polar surface area (TPSA) is 84.4 Å². The number of ether oxygens (including phenoxy) is 1. The van der Waals surface area contributed by atoms with Gasteiger partial charge in [-0.15, -0.1) is 11.3 Å². The molecule has 2 heterocycles. The lowest BCUT2D eigenvalue weighted by atomic mass is 10.2. The maximum atomic E-state index is 12.5. The predicted molar refractivity (Wildman–Crippen MR) is 96.7 cm³/mol. The summed E-state index contributed by atoms with van der Waals surface area (Å²) in [5.74, 6) is -0.102. The number of thiazole rings is 1. The molecule has 0 radical (unpaired) electrons. The van der Waals surface area contributed by atoms with E-state index in [9.17, 15) is 9.59 Å². The van der Waals surface area contributed by atoms with Crippen LogP contribution in [0, 0.1) is 0 Å². The van der Waals surface area contributed by atoms with Crippen LogP contribution in [0.3, 0.4) is 0 Å². The van der Waals surface area contributed by atoms with E-state index in [1.165, 1.54) is 11.3 Å². The summed E-state index contributed by atoms with van der Waals surface area (Å²) in [6, 6.07) is 1.70. The first-order chi connectivity index (χ1) is 11.4. The van der Waals surface area contributed by atoms with Crippen molar-refractivity contribution in [3.8, 4) is 0 Å². The van der Waals surface area contributed by atoms with Crippen molar-refractivity contribution in [3.05, 3.63) is 33.4 Å². The molecule has 2 aromatic rings. The zero-order chi connectivity index (χ0) is 17.7. The van der Waals surface area contributed by atoms with Gasteiger partial charge in [-0.25, -0.2) is 9.97 Å². The number of esters is 1. The van der Waals surface area contributed by atoms with Gasteiger partial charge in [0.2, 0.25) is 0 Å². The van der Waals surface area contributed by atoms with Crippen LogP contribution in [0.5, 0.6) is 0 Å². The molecule has 0 fully saturated rings. The summed E-state index contributed by atoms with van der Waals surface area (Å²) in [7, 11) is 3.63. The van der Waals surface area contributed by atoms with Crippen LogP contribution in [-0.4, -0.2) is 42.5 Å². The molecule has 0 saturated heterocycles. The zero-order valence-corrected chi connectivity index (χ0v) is 15.9. The second-order valence-corrected chi connectivity index (χ2v) is 6.77. The maximum absolute atomic E-state index is 12.5. The highest BCUT2D eigenvalue weighted by molar-refractivity contribution is 9.10. The number of carbonyl (C=O) groups excluding carboxylic acids is 2. The number of amides is 1. The molecule has 0 aliphatic carbocycles. The molecule has 128 valence electrons. The van der Waals surface area contributed by atoms with Gasteiger partial charge in [0.15, 0.2) is 5.13 Å². The summed E-state index contributed by atoms with van der Waals surface area (Å²) < 4.78 is 5.59. The summed E-state index contributed by atoms with van der Waals surface area (Å²) in [5.41, 5.74) is 0.991. The van der Waals surface area contributed by atoms with Gasteiger partial charge in [-0.05, 0) is 28.9 Å². The molecule has 0 spiro atoms. The van der Waals surface area contributed by atoms with E-state index >= 15 is 0 Å². The smallest absolute Gasteiger partial charge is 0.311 e. The van der Waals surface area contributed by atoms with Crippen LogP contribution < -0.4 is 10.2 Å². The van der Waals surface area contributed by atoms with E-state index in [-0.39, 0.29) is 18.3 Å². The number of rotatable bonds is 6. The standard InChI is InChI=1S/C15H17BrN4O3S/c1-4-23-12(21)6-10-8-24-15(18-10)19-14(22)11-5-9(16)7-17-13(11)20(2)3/h5,7-8H,4,6H2,1-3H3,(H,18,19,22). The Morgan fingerprint density at radius 3 is 2.83 bits per heavy atom. The SMILES string of the molecule is CCOC(=O)Cc1csc(NC(=O)c2cc(Br)cnc2N(C)C)n1. The Morgan fingerprint density at radius 2 is 2.17 bits per heavy atom. The summed E-state index contributed by atoms with van der Waals surface area (Å²) in [6.45, 7) is 2.08. The van der Waals surface area contributed by atoms with Crippen molar-refractivity contribution in [1.82, 2.24) is 9.97 Å². The number of nitrogens with zero attached hydrogens (tertiary/aromatic N) is 3. The molecule has 24 heavy (non-hydrogen) atoms. The number of carbonyl (C=O) groups is 2. The van der Waals surface area contributed by atoms with Crippen molar-refractivity contribution in [2.75, 3.05) is 30.9 Å². The van der Waals surface area contributed by atoms with E-state index in [0.29, 0.717) is 33.3 Å². The number of hydrogen-bond donors (Lipinski definition) is 1. The first kappa shape index (κ1) is 18.3. The van der Waals surface area contributed by atoms with Gasteiger partial charge in [0.1, 0.15) is 5.82 Å². The minimum absolute atomic E-state index is 0.0849. The summed E-state index contributed by atoms with van der Waals surface area (Å²) in [5, 5.41) is 4.88. The van der Waals surface area contributed by atoms with Crippen molar-refractivity contribution < 1.29 is 14.3 Å². The average Bonchev–Trinajstić information content (AvgIpc) is 2.93. The molecule has 2 rings (SSSR count). The lowest BCUT2D eigenvalue weighted by Crippen LogP contribution is -2.19. The highest BCUT2D eigenvalue weighted by Gasteiger charge is 2.17. The lowest BCUT2D eigenvalue weighted by Gasteiger charge is -2.15. The molecule has 0 aromatic carbocycles. The molecule has 7 nitrogen and oxygen atoms in total. The zero-order valence-electron chi connectivity index (χ0n) is 13.5. The number of halogens is 1. The monoisotopic (exact) mass is 412 g/mol. The van der Waals surface area contributed by atoms with E-state index < -0.39 is 0 Å². The molecule has 0 atom stereocenters. The van der Waals surface area contributed by atoms with E-state index in [4.69, 9.17) is 4.74 Å². The molecule has 0 unspecified atom stereocenters. The van der Waals surface area contributed by atoms with Gasteiger partial charge >= 0.3 is 5.97 Å². The minimum atomic E-state index is -0.341. The van der Waals surface area contributed by atoms with Crippen LogP contribution in [0.2, 0.25) is 0 Å². The molecule has 1 N–H and O–H groups in total. The molecule has 2 aromatic heterocycles. The Labute approximate surface area is 152 Å². The number of hydrogen-bond acceptors (Lipinski definition) is 7. The Hall–Kier alpha value is -2.00. The Kier molecular flexibility index (Phi) is 6.27. The number of aromatic nitrogens is 2. The fraction of sp³-hybridized carbons (Fsp3) is 0.333. The largest absolute Gasteiger partial charge is 0.466 e. The van der Waals surface area contributed by atoms with E-state index in [0.717, 1.165) is 0 Å². The summed E-state index contributed by atoms with van der Waals surface area (Å²) in [6.07, 6.45) is 1.72. The minimum Gasteiger partial charge on any atom is -0.466 e. The second kappa shape index (κ2) is 8.20. The summed E-state index contributed by atoms with van der Waals surface area (Å²) >= 11 is 4.57. The summed E-state index contributed by atoms with van der Waals surface area (Å²) in [4.78, 5) is 34.2. The van der Waals surface area contributed by atoms with Gasteiger partial charge in [0.05, 0.1) is 24.3 Å². The molecule has 0 aliphatic heterocycles. The first-order valence-corrected chi connectivity index (χ1v) is 8.82. The van der Waals surface area contributed by atoms with E-state index in [1.54, 1.807) is 29.5 Å². The quantitative estimate of drug-likeness (QED) is 0.734. The van der Waals surface area contributed by atoms with Crippen molar-refractivity contribution in [2.24, 2.45) is 0 Å². The van der Waals surface area contributed by atoms with Gasteiger partial charge in [0.25, 0.3) is 5.91 Å². The number of nitrogens with one attached hydrogen (secondary N) is 1. The number of anilines is 2. The second-order valence-electron chi connectivity index (χ2n) is 5.00. The van der Waals surface area contributed by atoms with Crippen LogP contribution in [0.15, 0.2) is 22.1 Å². The van der Waals surface area contributed by atoms with E-state index in [1.807, 2.05) is 14.1 Å². The lowest BCUT2D eigenvalue weighted by molar-refractivity contribution is -0.142.